The van der Waals surface area contributed by atoms with Gasteiger partial charge in [-0.15, -0.1) is 0 Å². The number of amides is 1. The first kappa shape index (κ1) is 18.0. The summed E-state index contributed by atoms with van der Waals surface area (Å²) in [5.74, 6) is 1.33. The largest absolute Gasteiger partial charge is 0.493 e. The lowest BCUT2D eigenvalue weighted by Crippen LogP contribution is -2.24. The fourth-order valence-electron chi connectivity index (χ4n) is 3.24. The first-order chi connectivity index (χ1) is 13.6. The minimum absolute atomic E-state index is 0.0672. The molecule has 1 amide bonds. The number of aromatic nitrogens is 2. The van der Waals surface area contributed by atoms with Crippen LogP contribution in [0.5, 0.6) is 11.5 Å². The monoisotopic (exact) mass is 383 g/mol. The van der Waals surface area contributed by atoms with Crippen LogP contribution in [0.2, 0.25) is 0 Å². The third-order valence-electron chi connectivity index (χ3n) is 4.70. The lowest BCUT2D eigenvalue weighted by molar-refractivity contribution is -0.117. The van der Waals surface area contributed by atoms with Gasteiger partial charge < -0.3 is 18.9 Å². The molecule has 1 atom stereocenters. The molecule has 1 fully saturated rings. The summed E-state index contributed by atoms with van der Waals surface area (Å²) in [6, 6.07) is 11.2. The summed E-state index contributed by atoms with van der Waals surface area (Å²) in [5.41, 5.74) is 1.36. The number of nitrogens with zero attached hydrogens (tertiary/aromatic N) is 3. The number of benzene rings is 2. The van der Waals surface area contributed by atoms with E-state index in [1.165, 1.54) is 12.1 Å². The van der Waals surface area contributed by atoms with E-state index < -0.39 is 0 Å². The molecule has 3 aromatic rings. The highest BCUT2D eigenvalue weighted by atomic mass is 19.1. The van der Waals surface area contributed by atoms with Crippen LogP contribution in [-0.4, -0.2) is 36.8 Å². The Morgan fingerprint density at radius 2 is 1.86 bits per heavy atom. The van der Waals surface area contributed by atoms with Crippen LogP contribution in [-0.2, 0) is 4.79 Å². The molecule has 0 aliphatic carbocycles. The molecule has 4 rings (SSSR count). The van der Waals surface area contributed by atoms with E-state index in [-0.39, 0.29) is 24.1 Å². The van der Waals surface area contributed by atoms with Gasteiger partial charge in [-0.25, -0.2) is 4.39 Å². The fraction of sp³-hybridized carbons (Fsp3) is 0.250. The van der Waals surface area contributed by atoms with Crippen LogP contribution in [0.1, 0.15) is 18.2 Å². The lowest BCUT2D eigenvalue weighted by Gasteiger charge is -2.15. The third-order valence-corrected chi connectivity index (χ3v) is 4.70. The number of ether oxygens (including phenoxy) is 2. The van der Waals surface area contributed by atoms with Gasteiger partial charge in [0.2, 0.25) is 17.6 Å². The van der Waals surface area contributed by atoms with Crippen molar-refractivity contribution in [2.24, 2.45) is 0 Å². The molecular weight excluding hydrogens is 365 g/mol. The zero-order valence-corrected chi connectivity index (χ0v) is 15.4. The number of rotatable bonds is 5. The van der Waals surface area contributed by atoms with Gasteiger partial charge in [-0.3, -0.25) is 4.79 Å². The average Bonchev–Trinajstić information content (AvgIpc) is 3.35. The van der Waals surface area contributed by atoms with E-state index in [4.69, 9.17) is 14.0 Å². The van der Waals surface area contributed by atoms with E-state index in [1.54, 1.807) is 49.5 Å². The van der Waals surface area contributed by atoms with Gasteiger partial charge >= 0.3 is 0 Å². The predicted molar refractivity (Wildman–Crippen MR) is 98.9 cm³/mol. The summed E-state index contributed by atoms with van der Waals surface area (Å²) in [5, 5.41) is 4.03. The Balaban J connectivity index is 1.55. The highest BCUT2D eigenvalue weighted by Crippen LogP contribution is 2.34. The van der Waals surface area contributed by atoms with Crippen molar-refractivity contribution >= 4 is 11.6 Å². The lowest BCUT2D eigenvalue weighted by atomic mass is 10.1. The predicted octanol–water partition coefficient (Wildman–Crippen LogP) is 3.41. The number of hydrogen-bond acceptors (Lipinski definition) is 6. The van der Waals surface area contributed by atoms with Crippen LogP contribution in [0, 0.1) is 5.82 Å². The summed E-state index contributed by atoms with van der Waals surface area (Å²) in [6.07, 6.45) is 0.255. The van der Waals surface area contributed by atoms with Crippen molar-refractivity contribution in [2.75, 3.05) is 25.7 Å². The highest BCUT2D eigenvalue weighted by molar-refractivity contribution is 5.96. The second-order valence-corrected chi connectivity index (χ2v) is 6.41. The molecule has 0 bridgehead atoms. The number of carbonyl (C=O) groups is 1. The molecule has 144 valence electrons. The molecule has 1 aromatic heterocycles. The summed E-state index contributed by atoms with van der Waals surface area (Å²) in [6.45, 7) is 0.401. The molecule has 0 spiro atoms. The second-order valence-electron chi connectivity index (χ2n) is 6.41. The topological polar surface area (TPSA) is 77.7 Å². The number of halogens is 1. The van der Waals surface area contributed by atoms with E-state index in [1.807, 2.05) is 0 Å². The van der Waals surface area contributed by atoms with Gasteiger partial charge in [0, 0.05) is 24.2 Å². The van der Waals surface area contributed by atoms with Crippen molar-refractivity contribution < 1.29 is 23.2 Å². The van der Waals surface area contributed by atoms with E-state index in [0.29, 0.717) is 41.0 Å². The molecule has 1 aliphatic rings. The minimum Gasteiger partial charge on any atom is -0.493 e. The molecule has 0 N–H and O–H groups in total. The third kappa shape index (κ3) is 3.28. The van der Waals surface area contributed by atoms with Crippen LogP contribution in [0.25, 0.3) is 11.4 Å². The Kier molecular flexibility index (Phi) is 4.68. The van der Waals surface area contributed by atoms with Gasteiger partial charge in [-0.2, -0.15) is 4.98 Å². The van der Waals surface area contributed by atoms with Crippen LogP contribution >= 0.6 is 0 Å². The second kappa shape index (κ2) is 7.30. The van der Waals surface area contributed by atoms with Crippen molar-refractivity contribution in [2.45, 2.75) is 12.3 Å². The Morgan fingerprint density at radius 1 is 1.11 bits per heavy atom. The SMILES string of the molecule is COc1ccc(-c2noc(C3CC(=O)N(c4ccc(F)cc4)C3)n2)cc1OC. The number of carbonyl (C=O) groups excluding carboxylic acids is 1. The minimum atomic E-state index is -0.344. The molecule has 2 heterocycles. The van der Waals surface area contributed by atoms with E-state index in [2.05, 4.69) is 10.1 Å². The first-order valence-electron chi connectivity index (χ1n) is 8.71. The Labute approximate surface area is 160 Å². The quantitative estimate of drug-likeness (QED) is 0.672. The molecular formula is C20H18FN3O4. The first-order valence-corrected chi connectivity index (χ1v) is 8.71. The van der Waals surface area contributed by atoms with E-state index in [9.17, 15) is 9.18 Å². The fourth-order valence-corrected chi connectivity index (χ4v) is 3.24. The molecule has 1 saturated heterocycles. The zero-order valence-electron chi connectivity index (χ0n) is 15.4. The molecule has 8 heteroatoms. The maximum atomic E-state index is 13.1. The van der Waals surface area contributed by atoms with Crippen LogP contribution < -0.4 is 14.4 Å². The zero-order chi connectivity index (χ0) is 19.7. The smallest absolute Gasteiger partial charge is 0.232 e. The van der Waals surface area contributed by atoms with Crippen molar-refractivity contribution in [3.63, 3.8) is 0 Å². The molecule has 28 heavy (non-hydrogen) atoms. The van der Waals surface area contributed by atoms with Gasteiger partial charge in [0.1, 0.15) is 5.82 Å². The molecule has 1 unspecified atom stereocenters. The Morgan fingerprint density at radius 3 is 2.57 bits per heavy atom. The van der Waals surface area contributed by atoms with Gasteiger partial charge in [0.15, 0.2) is 11.5 Å². The molecule has 0 radical (unpaired) electrons. The van der Waals surface area contributed by atoms with Gasteiger partial charge in [0.25, 0.3) is 0 Å². The van der Waals surface area contributed by atoms with Crippen LogP contribution in [0.3, 0.4) is 0 Å². The van der Waals surface area contributed by atoms with Crippen LogP contribution in [0.4, 0.5) is 10.1 Å². The van der Waals surface area contributed by atoms with Gasteiger partial charge in [0.05, 0.1) is 20.1 Å². The van der Waals surface area contributed by atoms with E-state index >= 15 is 0 Å². The summed E-state index contributed by atoms with van der Waals surface area (Å²) < 4.78 is 29.1. The Bertz CT molecular complexity index is 1000. The maximum Gasteiger partial charge on any atom is 0.232 e. The van der Waals surface area contributed by atoms with Gasteiger partial charge in [-0.05, 0) is 42.5 Å². The summed E-state index contributed by atoms with van der Waals surface area (Å²) in [4.78, 5) is 18.4. The molecule has 0 saturated carbocycles. The standard InChI is InChI=1S/C20H18FN3O4/c1-26-16-8-3-12(9-17(16)27-2)19-22-20(28-23-19)13-10-18(25)24(11-13)15-6-4-14(21)5-7-15/h3-9,13H,10-11H2,1-2H3. The van der Waals surface area contributed by atoms with Crippen LogP contribution in [0.15, 0.2) is 47.0 Å². The van der Waals surface area contributed by atoms with E-state index in [0.717, 1.165) is 0 Å². The number of methoxy groups -OCH3 is 2. The molecule has 2 aromatic carbocycles. The summed E-state index contributed by atoms with van der Waals surface area (Å²) in [7, 11) is 3.12. The molecule has 1 aliphatic heterocycles. The van der Waals surface area contributed by atoms with Gasteiger partial charge in [-0.1, -0.05) is 5.16 Å². The van der Waals surface area contributed by atoms with Crippen molar-refractivity contribution in [3.05, 3.63) is 54.2 Å². The maximum absolute atomic E-state index is 13.1. The van der Waals surface area contributed by atoms with Crippen molar-refractivity contribution in [1.82, 2.24) is 10.1 Å². The summed E-state index contributed by atoms with van der Waals surface area (Å²) >= 11 is 0. The van der Waals surface area contributed by atoms with Crippen molar-refractivity contribution in [3.8, 4) is 22.9 Å². The number of hydrogen-bond donors (Lipinski definition) is 0. The highest BCUT2D eigenvalue weighted by Gasteiger charge is 2.35. The average molecular weight is 383 g/mol. The van der Waals surface area contributed by atoms with Crippen molar-refractivity contribution in [1.29, 1.82) is 0 Å². The Hall–Kier alpha value is -3.42. The molecule has 7 nitrogen and oxygen atoms in total. The number of anilines is 1. The normalized spacial score (nSPS) is 16.5.